The van der Waals surface area contributed by atoms with Crippen molar-refractivity contribution < 1.29 is 9.53 Å². The maximum atomic E-state index is 12.6. The van der Waals surface area contributed by atoms with E-state index in [1.165, 1.54) is 12.8 Å². The summed E-state index contributed by atoms with van der Waals surface area (Å²) in [6.45, 7) is 12.2. The normalized spacial score (nSPS) is 27.4. The maximum Gasteiger partial charge on any atom is 0.225 e. The molecule has 2 heterocycles. The van der Waals surface area contributed by atoms with Gasteiger partial charge in [0.25, 0.3) is 0 Å². The first-order valence-electron chi connectivity index (χ1n) is 11.3. The van der Waals surface area contributed by atoms with E-state index in [2.05, 4.69) is 34.3 Å². The molecule has 3 aliphatic rings. The molecule has 7 nitrogen and oxygen atoms in total. The highest BCUT2D eigenvalue weighted by molar-refractivity contribution is 5.80. The minimum atomic E-state index is -0.107. The number of hydrogen-bond acceptors (Lipinski definition) is 4. The van der Waals surface area contributed by atoms with E-state index in [4.69, 9.17) is 9.73 Å². The van der Waals surface area contributed by atoms with Gasteiger partial charge in [-0.05, 0) is 39.5 Å². The maximum absolute atomic E-state index is 12.6. The molecule has 160 valence electrons. The van der Waals surface area contributed by atoms with Gasteiger partial charge >= 0.3 is 0 Å². The largest absolute Gasteiger partial charge is 0.373 e. The van der Waals surface area contributed by atoms with Crippen LogP contribution < -0.4 is 10.6 Å². The predicted molar refractivity (Wildman–Crippen MR) is 113 cm³/mol. The van der Waals surface area contributed by atoms with Gasteiger partial charge in [0.1, 0.15) is 0 Å². The van der Waals surface area contributed by atoms with Crippen LogP contribution in [0.1, 0.15) is 52.4 Å². The Bertz CT molecular complexity index is 519. The SMILES string of the molecule is CCNC(=NCC1(C)CCCO1)NCCN1CCN(C(=O)C2CCCC2)CC1. The number of nitrogens with zero attached hydrogens (tertiary/aromatic N) is 3. The van der Waals surface area contributed by atoms with E-state index >= 15 is 0 Å². The Morgan fingerprint density at radius 3 is 2.54 bits per heavy atom. The lowest BCUT2D eigenvalue weighted by Crippen LogP contribution is -2.52. The molecule has 0 radical (unpaired) electrons. The summed E-state index contributed by atoms with van der Waals surface area (Å²) in [5, 5.41) is 6.78. The molecule has 3 rings (SSSR count). The predicted octanol–water partition coefficient (Wildman–Crippen LogP) is 1.45. The Morgan fingerprint density at radius 2 is 1.89 bits per heavy atom. The van der Waals surface area contributed by atoms with Gasteiger partial charge in [-0.2, -0.15) is 0 Å². The lowest BCUT2D eigenvalue weighted by atomic mass is 10.0. The number of nitrogens with one attached hydrogen (secondary N) is 2. The van der Waals surface area contributed by atoms with E-state index in [-0.39, 0.29) is 5.60 Å². The van der Waals surface area contributed by atoms with Gasteiger partial charge in [-0.3, -0.25) is 14.7 Å². The highest BCUT2D eigenvalue weighted by Gasteiger charge is 2.30. The van der Waals surface area contributed by atoms with Gasteiger partial charge in [0, 0.05) is 58.3 Å². The quantitative estimate of drug-likeness (QED) is 0.506. The van der Waals surface area contributed by atoms with Gasteiger partial charge in [-0.15, -0.1) is 0 Å². The Kier molecular flexibility index (Phi) is 7.97. The molecule has 2 N–H and O–H groups in total. The van der Waals surface area contributed by atoms with Gasteiger partial charge in [0.15, 0.2) is 5.96 Å². The fraction of sp³-hybridized carbons (Fsp3) is 0.905. The van der Waals surface area contributed by atoms with Crippen molar-refractivity contribution >= 4 is 11.9 Å². The molecule has 0 bridgehead atoms. The fourth-order valence-corrected chi connectivity index (χ4v) is 4.50. The van der Waals surface area contributed by atoms with Crippen molar-refractivity contribution in [3.63, 3.8) is 0 Å². The number of ether oxygens (including phenoxy) is 1. The molecule has 2 saturated heterocycles. The smallest absolute Gasteiger partial charge is 0.225 e. The molecule has 0 spiro atoms. The molecule has 0 aromatic heterocycles. The third kappa shape index (κ3) is 6.08. The van der Waals surface area contributed by atoms with Crippen LogP contribution in [0.4, 0.5) is 0 Å². The molecule has 1 unspecified atom stereocenters. The molecule has 1 saturated carbocycles. The van der Waals surface area contributed by atoms with Crippen LogP contribution >= 0.6 is 0 Å². The van der Waals surface area contributed by atoms with E-state index in [1.807, 2.05) is 0 Å². The van der Waals surface area contributed by atoms with Crippen LogP contribution in [0, 0.1) is 5.92 Å². The Morgan fingerprint density at radius 1 is 1.14 bits per heavy atom. The second-order valence-corrected chi connectivity index (χ2v) is 8.67. The van der Waals surface area contributed by atoms with Crippen LogP contribution in [0.15, 0.2) is 4.99 Å². The molecule has 7 heteroatoms. The Labute approximate surface area is 170 Å². The van der Waals surface area contributed by atoms with Crippen LogP contribution in [0.25, 0.3) is 0 Å². The minimum Gasteiger partial charge on any atom is -0.373 e. The van der Waals surface area contributed by atoms with Crippen LogP contribution in [-0.2, 0) is 9.53 Å². The summed E-state index contributed by atoms with van der Waals surface area (Å²) >= 11 is 0. The minimum absolute atomic E-state index is 0.107. The molecular formula is C21H39N5O2. The highest BCUT2D eigenvalue weighted by atomic mass is 16.5. The fourth-order valence-electron chi connectivity index (χ4n) is 4.50. The Hall–Kier alpha value is -1.34. The molecule has 1 aliphatic carbocycles. The van der Waals surface area contributed by atoms with Crippen molar-refractivity contribution in [2.24, 2.45) is 10.9 Å². The topological polar surface area (TPSA) is 69.2 Å². The molecule has 3 fully saturated rings. The second-order valence-electron chi connectivity index (χ2n) is 8.67. The van der Waals surface area contributed by atoms with E-state index in [1.54, 1.807) is 0 Å². The van der Waals surface area contributed by atoms with E-state index < -0.39 is 0 Å². The van der Waals surface area contributed by atoms with Crippen molar-refractivity contribution in [1.82, 2.24) is 20.4 Å². The molecule has 0 aromatic carbocycles. The van der Waals surface area contributed by atoms with Crippen molar-refractivity contribution in [3.05, 3.63) is 0 Å². The van der Waals surface area contributed by atoms with Gasteiger partial charge in [0.2, 0.25) is 5.91 Å². The molecule has 28 heavy (non-hydrogen) atoms. The molecular weight excluding hydrogens is 354 g/mol. The summed E-state index contributed by atoms with van der Waals surface area (Å²) in [6.07, 6.45) is 6.86. The number of amides is 1. The number of rotatable bonds is 7. The molecule has 2 aliphatic heterocycles. The third-order valence-electron chi connectivity index (χ3n) is 6.33. The lowest BCUT2D eigenvalue weighted by Gasteiger charge is -2.36. The summed E-state index contributed by atoms with van der Waals surface area (Å²) < 4.78 is 5.83. The number of hydrogen-bond donors (Lipinski definition) is 2. The first kappa shape index (κ1) is 21.4. The van der Waals surface area contributed by atoms with Gasteiger partial charge in [0.05, 0.1) is 12.1 Å². The zero-order valence-electron chi connectivity index (χ0n) is 17.8. The first-order valence-corrected chi connectivity index (χ1v) is 11.3. The summed E-state index contributed by atoms with van der Waals surface area (Å²) in [5.41, 5.74) is -0.107. The van der Waals surface area contributed by atoms with Gasteiger partial charge in [-0.25, -0.2) is 0 Å². The first-order chi connectivity index (χ1) is 13.6. The number of carbonyl (C=O) groups is 1. The van der Waals surface area contributed by atoms with Crippen LogP contribution in [0.5, 0.6) is 0 Å². The van der Waals surface area contributed by atoms with Gasteiger partial charge in [-0.1, -0.05) is 12.8 Å². The van der Waals surface area contributed by atoms with Crippen molar-refractivity contribution in [2.45, 2.75) is 58.0 Å². The van der Waals surface area contributed by atoms with E-state index in [0.717, 1.165) is 84.1 Å². The average molecular weight is 394 g/mol. The molecule has 0 aromatic rings. The standard InChI is InChI=1S/C21H39N5O2/c1-3-22-20(24-17-21(2)9-6-16-28-21)23-10-11-25-12-14-26(15-13-25)19(27)18-7-4-5-8-18/h18H,3-17H2,1-2H3,(H2,22,23,24). The van der Waals surface area contributed by atoms with E-state index in [9.17, 15) is 4.79 Å². The highest BCUT2D eigenvalue weighted by Crippen LogP contribution is 2.27. The Balaban J connectivity index is 1.36. The van der Waals surface area contributed by atoms with Crippen LogP contribution in [0.3, 0.4) is 0 Å². The molecule has 1 atom stereocenters. The lowest BCUT2D eigenvalue weighted by molar-refractivity contribution is -0.137. The zero-order chi connectivity index (χ0) is 19.8. The van der Waals surface area contributed by atoms with E-state index in [0.29, 0.717) is 18.4 Å². The van der Waals surface area contributed by atoms with Crippen molar-refractivity contribution in [3.8, 4) is 0 Å². The van der Waals surface area contributed by atoms with Crippen molar-refractivity contribution in [1.29, 1.82) is 0 Å². The zero-order valence-corrected chi connectivity index (χ0v) is 17.8. The number of piperazine rings is 1. The summed E-state index contributed by atoms with van der Waals surface area (Å²) in [6, 6.07) is 0. The average Bonchev–Trinajstić information content (AvgIpc) is 3.39. The third-order valence-corrected chi connectivity index (χ3v) is 6.33. The van der Waals surface area contributed by atoms with Crippen LogP contribution in [-0.4, -0.2) is 86.2 Å². The number of carbonyl (C=O) groups excluding carboxylic acids is 1. The summed E-state index contributed by atoms with van der Waals surface area (Å²) in [5.74, 6) is 1.58. The van der Waals surface area contributed by atoms with Crippen molar-refractivity contribution in [2.75, 3.05) is 59.0 Å². The monoisotopic (exact) mass is 393 g/mol. The molecule has 1 amide bonds. The van der Waals surface area contributed by atoms with Gasteiger partial charge < -0.3 is 20.3 Å². The number of aliphatic imine (C=N–C) groups is 1. The second kappa shape index (κ2) is 10.4. The number of guanidine groups is 1. The van der Waals surface area contributed by atoms with Crippen LogP contribution in [0.2, 0.25) is 0 Å². The summed E-state index contributed by atoms with van der Waals surface area (Å²) in [4.78, 5) is 21.8. The summed E-state index contributed by atoms with van der Waals surface area (Å²) in [7, 11) is 0.